The SMILES string of the molecule is O=C(O)C(C(=O)O)c1ccccc1.O=C(O)C(C(=O)OC1CCCCC1)c1ccccc1. The molecule has 1 atom stereocenters. The fourth-order valence-corrected chi connectivity index (χ4v) is 3.48. The van der Waals surface area contributed by atoms with E-state index in [-0.39, 0.29) is 11.7 Å². The van der Waals surface area contributed by atoms with Crippen molar-refractivity contribution in [2.24, 2.45) is 0 Å². The van der Waals surface area contributed by atoms with Gasteiger partial charge >= 0.3 is 23.9 Å². The van der Waals surface area contributed by atoms with E-state index in [4.69, 9.17) is 14.9 Å². The van der Waals surface area contributed by atoms with Gasteiger partial charge in [-0.1, -0.05) is 67.1 Å². The van der Waals surface area contributed by atoms with E-state index in [2.05, 4.69) is 0 Å². The molecule has 32 heavy (non-hydrogen) atoms. The van der Waals surface area contributed by atoms with Crippen LogP contribution in [0.5, 0.6) is 0 Å². The van der Waals surface area contributed by atoms with Gasteiger partial charge in [0.15, 0.2) is 11.8 Å². The van der Waals surface area contributed by atoms with Crippen LogP contribution in [0.3, 0.4) is 0 Å². The first-order valence-electron chi connectivity index (χ1n) is 10.3. The Balaban J connectivity index is 0.000000244. The van der Waals surface area contributed by atoms with E-state index in [0.717, 1.165) is 32.1 Å². The lowest BCUT2D eigenvalue weighted by atomic mass is 9.96. The summed E-state index contributed by atoms with van der Waals surface area (Å²) in [5.74, 6) is -7.20. The molecule has 3 N–H and O–H groups in total. The van der Waals surface area contributed by atoms with Crippen molar-refractivity contribution in [3.05, 3.63) is 71.8 Å². The van der Waals surface area contributed by atoms with Crippen molar-refractivity contribution in [3.8, 4) is 0 Å². The molecular formula is C24H26O8. The Morgan fingerprint density at radius 1 is 0.656 bits per heavy atom. The molecule has 3 rings (SSSR count). The molecule has 2 aromatic carbocycles. The molecule has 1 fully saturated rings. The zero-order valence-electron chi connectivity index (χ0n) is 17.4. The predicted octanol–water partition coefficient (Wildman–Crippen LogP) is 3.67. The summed E-state index contributed by atoms with van der Waals surface area (Å²) in [7, 11) is 0. The summed E-state index contributed by atoms with van der Waals surface area (Å²) in [4.78, 5) is 44.5. The first-order valence-corrected chi connectivity index (χ1v) is 10.3. The van der Waals surface area contributed by atoms with Crippen LogP contribution in [-0.4, -0.2) is 45.3 Å². The zero-order valence-corrected chi connectivity index (χ0v) is 17.4. The van der Waals surface area contributed by atoms with Crippen molar-refractivity contribution in [1.82, 2.24) is 0 Å². The number of hydrogen-bond acceptors (Lipinski definition) is 5. The maximum atomic E-state index is 12.1. The second-order valence-electron chi connectivity index (χ2n) is 7.40. The van der Waals surface area contributed by atoms with Gasteiger partial charge in [0.25, 0.3) is 0 Å². The minimum atomic E-state index is -1.47. The van der Waals surface area contributed by atoms with Crippen LogP contribution in [-0.2, 0) is 23.9 Å². The van der Waals surface area contributed by atoms with Gasteiger partial charge in [-0.3, -0.25) is 19.2 Å². The number of benzene rings is 2. The number of ether oxygens (including phenoxy) is 1. The van der Waals surface area contributed by atoms with Crippen LogP contribution >= 0.6 is 0 Å². The summed E-state index contributed by atoms with van der Waals surface area (Å²) in [6.45, 7) is 0. The van der Waals surface area contributed by atoms with Crippen LogP contribution in [0.4, 0.5) is 0 Å². The van der Waals surface area contributed by atoms with Crippen LogP contribution in [0, 0.1) is 0 Å². The van der Waals surface area contributed by atoms with Crippen molar-refractivity contribution in [3.63, 3.8) is 0 Å². The molecule has 1 saturated carbocycles. The van der Waals surface area contributed by atoms with E-state index in [1.165, 1.54) is 12.1 Å². The number of carbonyl (C=O) groups is 4. The highest BCUT2D eigenvalue weighted by Crippen LogP contribution is 2.24. The Morgan fingerprint density at radius 2 is 1.06 bits per heavy atom. The number of rotatable bonds is 7. The third kappa shape index (κ3) is 7.23. The van der Waals surface area contributed by atoms with Crippen LogP contribution in [0.25, 0.3) is 0 Å². The van der Waals surface area contributed by atoms with Crippen molar-refractivity contribution in [2.75, 3.05) is 0 Å². The summed E-state index contributed by atoms with van der Waals surface area (Å²) in [5, 5.41) is 26.5. The third-order valence-corrected chi connectivity index (χ3v) is 5.08. The van der Waals surface area contributed by atoms with Crippen LogP contribution < -0.4 is 0 Å². The molecule has 0 saturated heterocycles. The first kappa shape index (κ1) is 24.6. The Labute approximate surface area is 185 Å². The second kappa shape index (κ2) is 12.2. The standard InChI is InChI=1S/C15H18O4.C9H8O4/c16-14(17)13(11-7-3-1-4-8-11)15(18)19-12-9-5-2-6-10-12;10-8(11)7(9(12)13)6-4-2-1-3-5-6/h1,3-4,7-8,12-13H,2,5-6,9-10H2,(H,16,17);1-5,7H,(H,10,11)(H,12,13). The molecule has 170 valence electrons. The molecule has 8 nitrogen and oxygen atoms in total. The Hall–Kier alpha value is -3.68. The molecule has 8 heteroatoms. The van der Waals surface area contributed by atoms with E-state index in [0.29, 0.717) is 5.56 Å². The summed E-state index contributed by atoms with van der Waals surface area (Å²) < 4.78 is 5.35. The summed E-state index contributed by atoms with van der Waals surface area (Å²) in [6, 6.07) is 16.4. The van der Waals surface area contributed by atoms with Crippen LogP contribution in [0.15, 0.2) is 60.7 Å². The summed E-state index contributed by atoms with van der Waals surface area (Å²) >= 11 is 0. The van der Waals surface area contributed by atoms with E-state index in [1.54, 1.807) is 48.5 Å². The minimum Gasteiger partial charge on any atom is -0.480 e. The van der Waals surface area contributed by atoms with Crippen molar-refractivity contribution in [1.29, 1.82) is 0 Å². The highest BCUT2D eigenvalue weighted by atomic mass is 16.5. The monoisotopic (exact) mass is 442 g/mol. The molecule has 2 aromatic rings. The lowest BCUT2D eigenvalue weighted by molar-refractivity contribution is -0.159. The van der Waals surface area contributed by atoms with Crippen molar-refractivity contribution >= 4 is 23.9 Å². The number of hydrogen-bond donors (Lipinski definition) is 3. The van der Waals surface area contributed by atoms with Gasteiger partial charge in [-0.2, -0.15) is 0 Å². The topological polar surface area (TPSA) is 138 Å². The van der Waals surface area contributed by atoms with Crippen LogP contribution in [0.1, 0.15) is 55.1 Å². The largest absolute Gasteiger partial charge is 0.480 e. The molecule has 0 radical (unpaired) electrons. The van der Waals surface area contributed by atoms with E-state index in [9.17, 15) is 24.3 Å². The Bertz CT molecular complexity index is 890. The van der Waals surface area contributed by atoms with Gasteiger partial charge in [0.1, 0.15) is 6.10 Å². The number of carboxylic acids is 3. The maximum absolute atomic E-state index is 12.1. The average molecular weight is 442 g/mol. The van der Waals surface area contributed by atoms with Gasteiger partial charge in [0, 0.05) is 0 Å². The zero-order chi connectivity index (χ0) is 23.5. The van der Waals surface area contributed by atoms with Gasteiger partial charge in [-0.15, -0.1) is 0 Å². The summed E-state index contributed by atoms with van der Waals surface area (Å²) in [5.41, 5.74) is 0.748. The summed E-state index contributed by atoms with van der Waals surface area (Å²) in [6.07, 6.45) is 4.81. The maximum Gasteiger partial charge on any atom is 0.325 e. The molecule has 0 aliphatic heterocycles. The van der Waals surface area contributed by atoms with Crippen LogP contribution in [0.2, 0.25) is 0 Å². The number of carbonyl (C=O) groups excluding carboxylic acids is 1. The molecule has 1 unspecified atom stereocenters. The van der Waals surface area contributed by atoms with E-state index >= 15 is 0 Å². The average Bonchev–Trinajstić information content (AvgIpc) is 2.76. The number of carboxylic acid groups (broad SMARTS) is 3. The van der Waals surface area contributed by atoms with Gasteiger partial charge in [-0.05, 0) is 36.8 Å². The normalized spacial score (nSPS) is 14.5. The molecular weight excluding hydrogens is 416 g/mol. The molecule has 0 bridgehead atoms. The number of aliphatic carboxylic acids is 3. The van der Waals surface area contributed by atoms with Gasteiger partial charge in [-0.25, -0.2) is 0 Å². The molecule has 0 spiro atoms. The van der Waals surface area contributed by atoms with Gasteiger partial charge in [0.2, 0.25) is 0 Å². The fraction of sp³-hybridized carbons (Fsp3) is 0.333. The highest BCUT2D eigenvalue weighted by molar-refractivity contribution is 6.00. The van der Waals surface area contributed by atoms with Gasteiger partial charge in [0.05, 0.1) is 0 Å². The predicted molar refractivity (Wildman–Crippen MR) is 114 cm³/mol. The molecule has 0 heterocycles. The lowest BCUT2D eigenvalue weighted by Gasteiger charge is -2.23. The fourth-order valence-electron chi connectivity index (χ4n) is 3.48. The molecule has 0 aromatic heterocycles. The Morgan fingerprint density at radius 3 is 1.47 bits per heavy atom. The number of esters is 1. The van der Waals surface area contributed by atoms with E-state index < -0.39 is 35.7 Å². The molecule has 1 aliphatic carbocycles. The van der Waals surface area contributed by atoms with E-state index in [1.807, 2.05) is 0 Å². The van der Waals surface area contributed by atoms with Gasteiger partial charge < -0.3 is 20.1 Å². The Kier molecular flexibility index (Phi) is 9.41. The van der Waals surface area contributed by atoms with Crippen molar-refractivity contribution < 1.29 is 39.2 Å². The third-order valence-electron chi connectivity index (χ3n) is 5.08. The quantitative estimate of drug-likeness (QED) is 0.436. The smallest absolute Gasteiger partial charge is 0.325 e. The minimum absolute atomic E-state index is 0.119. The first-order chi connectivity index (χ1) is 15.3. The molecule has 0 amide bonds. The van der Waals surface area contributed by atoms with Crippen molar-refractivity contribution in [2.45, 2.75) is 50.0 Å². The molecule has 1 aliphatic rings. The highest BCUT2D eigenvalue weighted by Gasteiger charge is 2.32. The second-order valence-corrected chi connectivity index (χ2v) is 7.40. The lowest BCUT2D eigenvalue weighted by Crippen LogP contribution is -2.29.